The first-order valence-electron chi connectivity index (χ1n) is 5.73. The van der Waals surface area contributed by atoms with Gasteiger partial charge >= 0.3 is 0 Å². The summed E-state index contributed by atoms with van der Waals surface area (Å²) in [7, 11) is 1.85. The van der Waals surface area contributed by atoms with Crippen molar-refractivity contribution in [2.75, 3.05) is 12.4 Å². The van der Waals surface area contributed by atoms with E-state index >= 15 is 0 Å². The van der Waals surface area contributed by atoms with Gasteiger partial charge in [-0.15, -0.1) is 0 Å². The third-order valence-corrected chi connectivity index (χ3v) is 3.09. The minimum atomic E-state index is 0.782. The van der Waals surface area contributed by atoms with E-state index in [0.717, 1.165) is 28.7 Å². The maximum atomic E-state index is 4.56. The molecule has 6 heteroatoms. The number of fused-ring (bicyclic) bond motifs is 1. The number of rotatable bonds is 2. The van der Waals surface area contributed by atoms with Crippen LogP contribution in [-0.4, -0.2) is 31.0 Å². The van der Waals surface area contributed by atoms with E-state index in [0.29, 0.717) is 0 Å². The average Bonchev–Trinajstić information content (AvgIpc) is 2.97. The average molecular weight is 242 g/mol. The summed E-state index contributed by atoms with van der Waals surface area (Å²) in [6.45, 7) is 4.01. The number of aromatic nitrogens is 5. The van der Waals surface area contributed by atoms with Crippen LogP contribution in [-0.2, 0) is 0 Å². The number of hydrogen-bond acceptors (Lipinski definition) is 4. The maximum absolute atomic E-state index is 4.56. The van der Waals surface area contributed by atoms with E-state index in [1.807, 2.05) is 42.3 Å². The molecule has 3 heterocycles. The highest BCUT2D eigenvalue weighted by molar-refractivity contribution is 5.58. The molecule has 0 fully saturated rings. The SMILES string of the molecule is CNc1cn2ccnc2c(-n2cnc(C)c2C)n1. The maximum Gasteiger partial charge on any atom is 0.184 e. The Balaban J connectivity index is 2.33. The molecule has 1 N–H and O–H groups in total. The molecule has 0 atom stereocenters. The fourth-order valence-corrected chi connectivity index (χ4v) is 1.91. The lowest BCUT2D eigenvalue weighted by molar-refractivity contribution is 0.936. The number of aryl methyl sites for hydroxylation is 1. The second-order valence-corrected chi connectivity index (χ2v) is 4.14. The topological polar surface area (TPSA) is 60.0 Å². The van der Waals surface area contributed by atoms with Gasteiger partial charge in [-0.2, -0.15) is 0 Å². The molecule has 0 amide bonds. The van der Waals surface area contributed by atoms with Crippen LogP contribution < -0.4 is 5.32 Å². The van der Waals surface area contributed by atoms with Crippen molar-refractivity contribution in [1.82, 2.24) is 23.9 Å². The van der Waals surface area contributed by atoms with Crippen molar-refractivity contribution >= 4 is 11.5 Å². The minimum absolute atomic E-state index is 0.782. The first-order chi connectivity index (χ1) is 8.70. The van der Waals surface area contributed by atoms with E-state index in [9.17, 15) is 0 Å². The molecule has 0 unspecified atom stereocenters. The van der Waals surface area contributed by atoms with Gasteiger partial charge in [-0.05, 0) is 13.8 Å². The van der Waals surface area contributed by atoms with E-state index in [1.54, 1.807) is 12.5 Å². The summed E-state index contributed by atoms with van der Waals surface area (Å²) in [6.07, 6.45) is 7.35. The highest BCUT2D eigenvalue weighted by atomic mass is 15.2. The molecule has 3 aromatic rings. The zero-order chi connectivity index (χ0) is 12.7. The third-order valence-electron chi connectivity index (χ3n) is 3.09. The van der Waals surface area contributed by atoms with Gasteiger partial charge in [-0.25, -0.2) is 15.0 Å². The van der Waals surface area contributed by atoms with Crippen LogP contribution in [0.5, 0.6) is 0 Å². The first-order valence-corrected chi connectivity index (χ1v) is 5.73. The summed E-state index contributed by atoms with van der Waals surface area (Å²) in [4.78, 5) is 13.2. The fraction of sp³-hybridized carbons (Fsp3) is 0.250. The normalized spacial score (nSPS) is 11.1. The van der Waals surface area contributed by atoms with Crippen molar-refractivity contribution in [3.63, 3.8) is 0 Å². The van der Waals surface area contributed by atoms with Gasteiger partial charge < -0.3 is 9.72 Å². The van der Waals surface area contributed by atoms with E-state index in [1.165, 1.54) is 0 Å². The fourth-order valence-electron chi connectivity index (χ4n) is 1.91. The number of hydrogen-bond donors (Lipinski definition) is 1. The number of anilines is 1. The van der Waals surface area contributed by atoms with Gasteiger partial charge in [-0.3, -0.25) is 4.57 Å². The number of nitrogens with zero attached hydrogens (tertiary/aromatic N) is 5. The van der Waals surface area contributed by atoms with Crippen molar-refractivity contribution in [2.45, 2.75) is 13.8 Å². The molecule has 0 saturated carbocycles. The van der Waals surface area contributed by atoms with E-state index in [2.05, 4.69) is 20.3 Å². The summed E-state index contributed by atoms with van der Waals surface area (Å²) in [5.74, 6) is 1.58. The molecule has 0 aliphatic rings. The van der Waals surface area contributed by atoms with Crippen molar-refractivity contribution in [1.29, 1.82) is 0 Å². The van der Waals surface area contributed by atoms with E-state index < -0.39 is 0 Å². The third kappa shape index (κ3) is 1.46. The van der Waals surface area contributed by atoms with Crippen molar-refractivity contribution in [3.8, 4) is 5.82 Å². The molecule has 3 rings (SSSR count). The monoisotopic (exact) mass is 242 g/mol. The predicted octanol–water partition coefficient (Wildman–Crippen LogP) is 1.57. The highest BCUT2D eigenvalue weighted by Gasteiger charge is 2.12. The summed E-state index contributed by atoms with van der Waals surface area (Å²) in [6, 6.07) is 0. The van der Waals surface area contributed by atoms with Crippen molar-refractivity contribution < 1.29 is 0 Å². The van der Waals surface area contributed by atoms with Crippen LogP contribution in [0, 0.1) is 13.8 Å². The second-order valence-electron chi connectivity index (χ2n) is 4.14. The molecule has 3 aromatic heterocycles. The molecule has 0 aliphatic heterocycles. The molecule has 0 aromatic carbocycles. The smallest absolute Gasteiger partial charge is 0.184 e. The van der Waals surface area contributed by atoms with Crippen LogP contribution in [0.4, 0.5) is 5.82 Å². The molecule has 0 spiro atoms. The van der Waals surface area contributed by atoms with Gasteiger partial charge in [0.2, 0.25) is 0 Å². The Labute approximate surface area is 104 Å². The zero-order valence-corrected chi connectivity index (χ0v) is 10.5. The van der Waals surface area contributed by atoms with Crippen LogP contribution in [0.3, 0.4) is 0 Å². The largest absolute Gasteiger partial charge is 0.372 e. The van der Waals surface area contributed by atoms with Gasteiger partial charge in [-0.1, -0.05) is 0 Å². The molecule has 92 valence electrons. The number of imidazole rings is 2. The first kappa shape index (κ1) is 10.8. The van der Waals surface area contributed by atoms with Gasteiger partial charge in [0, 0.05) is 25.1 Å². The lowest BCUT2D eigenvalue weighted by Gasteiger charge is -2.09. The Morgan fingerprint density at radius 2 is 2.06 bits per heavy atom. The molecule has 6 nitrogen and oxygen atoms in total. The molecule has 18 heavy (non-hydrogen) atoms. The van der Waals surface area contributed by atoms with Crippen molar-refractivity contribution in [3.05, 3.63) is 36.3 Å². The van der Waals surface area contributed by atoms with Crippen LogP contribution in [0.2, 0.25) is 0 Å². The lowest BCUT2D eigenvalue weighted by atomic mass is 10.4. The molecule has 0 aliphatic carbocycles. The quantitative estimate of drug-likeness (QED) is 0.741. The summed E-state index contributed by atoms with van der Waals surface area (Å²) in [5.41, 5.74) is 2.88. The molecule has 0 bridgehead atoms. The number of nitrogens with one attached hydrogen (secondary N) is 1. The van der Waals surface area contributed by atoms with Gasteiger partial charge in [0.15, 0.2) is 11.5 Å². The Hall–Kier alpha value is -2.37. The molecular formula is C12H14N6. The van der Waals surface area contributed by atoms with Crippen LogP contribution in [0.15, 0.2) is 24.9 Å². The molecule has 0 saturated heterocycles. The van der Waals surface area contributed by atoms with Crippen molar-refractivity contribution in [2.24, 2.45) is 0 Å². The van der Waals surface area contributed by atoms with Gasteiger partial charge in [0.25, 0.3) is 0 Å². The summed E-state index contributed by atoms with van der Waals surface area (Å²) in [5, 5.41) is 3.05. The second kappa shape index (κ2) is 3.83. The zero-order valence-electron chi connectivity index (χ0n) is 10.5. The van der Waals surface area contributed by atoms with Gasteiger partial charge in [0.1, 0.15) is 12.1 Å². The van der Waals surface area contributed by atoms with E-state index in [-0.39, 0.29) is 0 Å². The Kier molecular flexibility index (Phi) is 2.29. The van der Waals surface area contributed by atoms with Crippen LogP contribution >= 0.6 is 0 Å². The summed E-state index contributed by atoms with van der Waals surface area (Å²) >= 11 is 0. The Bertz CT molecular complexity index is 709. The predicted molar refractivity (Wildman–Crippen MR) is 69.1 cm³/mol. The molecule has 0 radical (unpaired) electrons. The molecular weight excluding hydrogens is 228 g/mol. The highest BCUT2D eigenvalue weighted by Crippen LogP contribution is 2.18. The van der Waals surface area contributed by atoms with Crippen LogP contribution in [0.25, 0.3) is 11.5 Å². The minimum Gasteiger partial charge on any atom is -0.372 e. The summed E-state index contributed by atoms with van der Waals surface area (Å²) < 4.78 is 3.90. The van der Waals surface area contributed by atoms with E-state index in [4.69, 9.17) is 0 Å². The van der Waals surface area contributed by atoms with Crippen LogP contribution in [0.1, 0.15) is 11.4 Å². The van der Waals surface area contributed by atoms with Gasteiger partial charge in [0.05, 0.1) is 11.9 Å². The Morgan fingerprint density at radius 3 is 2.72 bits per heavy atom. The lowest BCUT2D eigenvalue weighted by Crippen LogP contribution is -2.05. The Morgan fingerprint density at radius 1 is 1.22 bits per heavy atom. The standard InChI is InChI=1S/C12H14N6/c1-8-9(2)18(7-15-8)12-11-14-4-5-17(11)6-10(13-3)16-12/h4-7,13H,1-3H3.